The minimum atomic E-state index is -0.453. The van der Waals surface area contributed by atoms with E-state index in [0.717, 1.165) is 25.8 Å². The van der Waals surface area contributed by atoms with Crippen LogP contribution in [0.1, 0.15) is 52.3 Å². The number of ether oxygens (including phenoxy) is 1. The van der Waals surface area contributed by atoms with E-state index in [9.17, 15) is 4.79 Å². The molecule has 1 aromatic rings. The molecule has 0 bridgehead atoms. The average Bonchev–Trinajstić information content (AvgIpc) is 2.96. The zero-order chi connectivity index (χ0) is 14.8. The average molecular weight is 281 g/mol. The monoisotopic (exact) mass is 281 g/mol. The molecule has 0 unspecified atom stereocenters. The van der Waals surface area contributed by atoms with Crippen molar-refractivity contribution in [3.05, 3.63) is 11.7 Å². The maximum Gasteiger partial charge on any atom is 0.323 e. The van der Waals surface area contributed by atoms with E-state index in [0.29, 0.717) is 18.3 Å². The Balaban J connectivity index is 1.98. The van der Waals surface area contributed by atoms with Gasteiger partial charge in [0.15, 0.2) is 5.82 Å². The van der Waals surface area contributed by atoms with E-state index in [2.05, 4.69) is 15.0 Å². The van der Waals surface area contributed by atoms with Crippen molar-refractivity contribution in [2.75, 3.05) is 6.54 Å². The van der Waals surface area contributed by atoms with Gasteiger partial charge >= 0.3 is 5.97 Å². The Morgan fingerprint density at radius 1 is 1.50 bits per heavy atom. The van der Waals surface area contributed by atoms with Crippen molar-refractivity contribution in [1.29, 1.82) is 0 Å². The van der Waals surface area contributed by atoms with Gasteiger partial charge < -0.3 is 9.26 Å². The summed E-state index contributed by atoms with van der Waals surface area (Å²) in [6, 6.07) is -0.203. The third kappa shape index (κ3) is 3.79. The fourth-order valence-electron chi connectivity index (χ4n) is 2.32. The molecule has 6 heteroatoms. The van der Waals surface area contributed by atoms with E-state index in [1.54, 1.807) is 0 Å². The lowest BCUT2D eigenvalue weighted by Crippen LogP contribution is -2.40. The van der Waals surface area contributed by atoms with Crippen LogP contribution in [-0.4, -0.2) is 39.2 Å². The van der Waals surface area contributed by atoms with Crippen LogP contribution in [-0.2, 0) is 22.5 Å². The Kier molecular flexibility index (Phi) is 4.42. The van der Waals surface area contributed by atoms with Crippen molar-refractivity contribution in [3.8, 4) is 0 Å². The summed E-state index contributed by atoms with van der Waals surface area (Å²) in [5.41, 5.74) is -0.453. The highest BCUT2D eigenvalue weighted by Crippen LogP contribution is 2.22. The van der Waals surface area contributed by atoms with Gasteiger partial charge in [-0.3, -0.25) is 9.69 Å². The predicted octanol–water partition coefficient (Wildman–Crippen LogP) is 1.94. The maximum atomic E-state index is 12.2. The molecule has 0 amide bonds. The van der Waals surface area contributed by atoms with Crippen LogP contribution in [0.2, 0.25) is 0 Å². The fourth-order valence-corrected chi connectivity index (χ4v) is 2.32. The van der Waals surface area contributed by atoms with Crippen LogP contribution in [0.4, 0.5) is 0 Å². The van der Waals surface area contributed by atoms with Crippen LogP contribution in [0.25, 0.3) is 0 Å². The number of rotatable bonds is 4. The van der Waals surface area contributed by atoms with Crippen molar-refractivity contribution < 1.29 is 14.1 Å². The van der Waals surface area contributed by atoms with E-state index in [1.165, 1.54) is 0 Å². The summed E-state index contributed by atoms with van der Waals surface area (Å²) in [6.45, 7) is 9.00. The van der Waals surface area contributed by atoms with Gasteiger partial charge in [0.25, 0.3) is 0 Å². The van der Waals surface area contributed by atoms with Gasteiger partial charge in [-0.25, -0.2) is 0 Å². The van der Waals surface area contributed by atoms with Gasteiger partial charge in [0, 0.05) is 6.42 Å². The molecule has 6 nitrogen and oxygen atoms in total. The number of carbonyl (C=O) groups is 1. The molecule has 1 aromatic heterocycles. The molecular formula is C14H23N3O3. The largest absolute Gasteiger partial charge is 0.459 e. The topological polar surface area (TPSA) is 68.5 Å². The second-order valence-corrected chi connectivity index (χ2v) is 6.12. The highest BCUT2D eigenvalue weighted by molar-refractivity contribution is 5.76. The molecule has 2 rings (SSSR count). The number of likely N-dealkylation sites (tertiary alicyclic amines) is 1. The first-order valence-electron chi connectivity index (χ1n) is 7.17. The van der Waals surface area contributed by atoms with Gasteiger partial charge in [0.1, 0.15) is 11.6 Å². The van der Waals surface area contributed by atoms with E-state index in [4.69, 9.17) is 9.26 Å². The molecule has 20 heavy (non-hydrogen) atoms. The van der Waals surface area contributed by atoms with Gasteiger partial charge in [-0.2, -0.15) is 4.98 Å². The molecule has 2 heterocycles. The highest BCUT2D eigenvalue weighted by Gasteiger charge is 2.34. The number of hydrogen-bond donors (Lipinski definition) is 0. The summed E-state index contributed by atoms with van der Waals surface area (Å²) < 4.78 is 10.7. The van der Waals surface area contributed by atoms with Gasteiger partial charge in [-0.05, 0) is 40.2 Å². The second kappa shape index (κ2) is 5.91. The molecule has 1 atom stereocenters. The Morgan fingerprint density at radius 2 is 2.25 bits per heavy atom. The number of aryl methyl sites for hydroxylation is 1. The van der Waals surface area contributed by atoms with Crippen LogP contribution in [0.15, 0.2) is 4.52 Å². The zero-order valence-electron chi connectivity index (χ0n) is 12.7. The molecule has 0 N–H and O–H groups in total. The van der Waals surface area contributed by atoms with Gasteiger partial charge in [-0.1, -0.05) is 12.1 Å². The third-order valence-electron chi connectivity index (χ3n) is 3.21. The minimum Gasteiger partial charge on any atom is -0.459 e. The maximum absolute atomic E-state index is 12.2. The second-order valence-electron chi connectivity index (χ2n) is 6.12. The molecular weight excluding hydrogens is 258 g/mol. The predicted molar refractivity (Wildman–Crippen MR) is 73.0 cm³/mol. The molecule has 1 aliphatic heterocycles. The van der Waals surface area contributed by atoms with Crippen molar-refractivity contribution in [1.82, 2.24) is 15.0 Å². The molecule has 0 radical (unpaired) electrons. The van der Waals surface area contributed by atoms with Gasteiger partial charge in [-0.15, -0.1) is 0 Å². The summed E-state index contributed by atoms with van der Waals surface area (Å²) >= 11 is 0. The van der Waals surface area contributed by atoms with E-state index >= 15 is 0 Å². The molecule has 1 saturated heterocycles. The number of nitrogens with zero attached hydrogens (tertiary/aromatic N) is 3. The minimum absolute atomic E-state index is 0.162. The number of hydrogen-bond acceptors (Lipinski definition) is 6. The molecule has 0 aliphatic carbocycles. The normalized spacial score (nSPS) is 20.3. The quantitative estimate of drug-likeness (QED) is 0.786. The van der Waals surface area contributed by atoms with Crippen molar-refractivity contribution in [2.24, 2.45) is 0 Å². The van der Waals surface area contributed by atoms with Crippen LogP contribution in [0.3, 0.4) is 0 Å². The Labute approximate surface area is 119 Å². The van der Waals surface area contributed by atoms with Crippen LogP contribution < -0.4 is 0 Å². The first-order valence-corrected chi connectivity index (χ1v) is 7.17. The first-order chi connectivity index (χ1) is 9.39. The van der Waals surface area contributed by atoms with Gasteiger partial charge in [0.2, 0.25) is 5.89 Å². The zero-order valence-corrected chi connectivity index (χ0v) is 12.7. The summed E-state index contributed by atoms with van der Waals surface area (Å²) in [6.07, 6.45) is 2.56. The Bertz CT molecular complexity index is 464. The highest BCUT2D eigenvalue weighted by atomic mass is 16.6. The number of carbonyl (C=O) groups excluding carboxylic acids is 1. The molecule has 0 spiro atoms. The molecule has 1 fully saturated rings. The number of esters is 1. The smallest absolute Gasteiger partial charge is 0.323 e. The molecule has 1 aliphatic rings. The van der Waals surface area contributed by atoms with E-state index < -0.39 is 5.60 Å². The summed E-state index contributed by atoms with van der Waals surface area (Å²) in [5.74, 6) is 1.11. The molecule has 112 valence electrons. The summed E-state index contributed by atoms with van der Waals surface area (Å²) in [4.78, 5) is 18.5. The lowest BCUT2D eigenvalue weighted by Gasteiger charge is -2.26. The lowest BCUT2D eigenvalue weighted by atomic mass is 10.1. The lowest BCUT2D eigenvalue weighted by molar-refractivity contribution is -0.160. The van der Waals surface area contributed by atoms with Crippen molar-refractivity contribution >= 4 is 5.97 Å². The van der Waals surface area contributed by atoms with Crippen LogP contribution in [0, 0.1) is 0 Å². The third-order valence-corrected chi connectivity index (χ3v) is 3.21. The SMILES string of the molecule is CCc1noc(CN2CCC[C@@H]2C(=O)OC(C)(C)C)n1. The van der Waals surface area contributed by atoms with Crippen molar-refractivity contribution in [3.63, 3.8) is 0 Å². The van der Waals surface area contributed by atoms with E-state index in [1.807, 2.05) is 27.7 Å². The standard InChI is InChI=1S/C14H23N3O3/c1-5-11-15-12(20-16-11)9-17-8-6-7-10(17)13(18)19-14(2,3)4/h10H,5-9H2,1-4H3/t10-/m1/s1. The van der Waals surface area contributed by atoms with Crippen molar-refractivity contribution in [2.45, 2.75) is 65.1 Å². The first kappa shape index (κ1) is 15.0. The van der Waals surface area contributed by atoms with E-state index in [-0.39, 0.29) is 12.0 Å². The van der Waals surface area contributed by atoms with Crippen LogP contribution >= 0.6 is 0 Å². The summed E-state index contributed by atoms with van der Waals surface area (Å²) in [7, 11) is 0. The van der Waals surface area contributed by atoms with Gasteiger partial charge in [0.05, 0.1) is 6.54 Å². The van der Waals surface area contributed by atoms with Crippen LogP contribution in [0.5, 0.6) is 0 Å². The fraction of sp³-hybridized carbons (Fsp3) is 0.786. The summed E-state index contributed by atoms with van der Waals surface area (Å²) in [5, 5.41) is 3.88. The Hall–Kier alpha value is -1.43. The molecule has 0 aromatic carbocycles. The Morgan fingerprint density at radius 3 is 2.85 bits per heavy atom. The number of aromatic nitrogens is 2. The molecule has 0 saturated carbocycles.